The van der Waals surface area contributed by atoms with Crippen LogP contribution in [0.25, 0.3) is 0 Å². The molecule has 12 nitrogen and oxygen atoms in total. The van der Waals surface area contributed by atoms with Crippen molar-refractivity contribution in [2.45, 2.75) is 56.8 Å². The van der Waals surface area contributed by atoms with Crippen molar-refractivity contribution in [3.05, 3.63) is 0 Å². The Balaban J connectivity index is 4.92. The molecule has 12 heteroatoms. The largest absolute Gasteiger partial charge is 0.481 e. The molecule has 0 radical (unpaired) electrons. The highest BCUT2D eigenvalue weighted by Gasteiger charge is 2.31. The fraction of sp³-hybridized carbons (Fsp3) is 0.643. The highest BCUT2D eigenvalue weighted by atomic mass is 16.4. The van der Waals surface area contributed by atoms with Gasteiger partial charge in [-0.3, -0.25) is 19.2 Å². The third-order valence-corrected chi connectivity index (χ3v) is 3.33. The molecule has 4 atom stereocenters. The van der Waals surface area contributed by atoms with E-state index in [0.717, 1.165) is 0 Å². The first-order valence-electron chi connectivity index (χ1n) is 7.66. The smallest absolute Gasteiger partial charge is 0.326 e. The lowest BCUT2D eigenvalue weighted by Crippen LogP contribution is -2.58. The topological polar surface area (TPSA) is 216 Å². The van der Waals surface area contributed by atoms with Crippen LogP contribution in [0.3, 0.4) is 0 Å². The minimum absolute atomic E-state index is 0.203. The Labute approximate surface area is 148 Å². The number of hydrogen-bond donors (Lipinski definition) is 7. The monoisotopic (exact) mass is 377 g/mol. The van der Waals surface area contributed by atoms with E-state index in [2.05, 4.69) is 5.32 Å². The number of carboxylic acids is 3. The van der Waals surface area contributed by atoms with Gasteiger partial charge in [0, 0.05) is 12.8 Å². The van der Waals surface area contributed by atoms with Crippen molar-refractivity contribution in [3.8, 4) is 0 Å². The van der Waals surface area contributed by atoms with Gasteiger partial charge < -0.3 is 36.8 Å². The molecule has 0 aliphatic rings. The van der Waals surface area contributed by atoms with E-state index in [1.807, 2.05) is 5.32 Å². The molecule has 4 unspecified atom stereocenters. The molecule has 0 aromatic rings. The Morgan fingerprint density at radius 2 is 1.38 bits per heavy atom. The molecule has 0 saturated heterocycles. The minimum Gasteiger partial charge on any atom is -0.481 e. The van der Waals surface area contributed by atoms with Crippen LogP contribution in [-0.2, 0) is 24.0 Å². The summed E-state index contributed by atoms with van der Waals surface area (Å²) in [6.07, 6.45) is -2.90. The molecule has 0 aliphatic heterocycles. The molecule has 148 valence electrons. The third kappa shape index (κ3) is 8.94. The molecule has 0 aromatic heterocycles. The van der Waals surface area contributed by atoms with Crippen LogP contribution >= 0.6 is 0 Å². The zero-order chi connectivity index (χ0) is 20.4. The van der Waals surface area contributed by atoms with Gasteiger partial charge in [0.25, 0.3) is 0 Å². The maximum atomic E-state index is 12.1. The Morgan fingerprint density at radius 3 is 1.81 bits per heavy atom. The predicted octanol–water partition coefficient (Wildman–Crippen LogP) is -2.52. The Bertz CT molecular complexity index is 550. The molecule has 0 heterocycles. The maximum absolute atomic E-state index is 12.1. The van der Waals surface area contributed by atoms with Crippen molar-refractivity contribution in [3.63, 3.8) is 0 Å². The normalized spacial score (nSPS) is 15.2. The quantitative estimate of drug-likeness (QED) is 0.189. The summed E-state index contributed by atoms with van der Waals surface area (Å²) in [5.41, 5.74) is 5.50. The fourth-order valence-corrected chi connectivity index (χ4v) is 1.86. The average molecular weight is 377 g/mol. The molecule has 0 aliphatic carbocycles. The van der Waals surface area contributed by atoms with Crippen LogP contribution in [0.4, 0.5) is 0 Å². The molecular weight excluding hydrogens is 354 g/mol. The van der Waals surface area contributed by atoms with Crippen LogP contribution in [0.1, 0.15) is 32.6 Å². The number of carbonyl (C=O) groups excluding carboxylic acids is 2. The van der Waals surface area contributed by atoms with Gasteiger partial charge in [-0.2, -0.15) is 0 Å². The zero-order valence-electron chi connectivity index (χ0n) is 14.0. The van der Waals surface area contributed by atoms with Crippen LogP contribution in [0, 0.1) is 0 Å². The summed E-state index contributed by atoms with van der Waals surface area (Å²) in [6, 6.07) is -4.33. The second kappa shape index (κ2) is 11.0. The first-order chi connectivity index (χ1) is 12.0. The number of nitrogens with one attached hydrogen (secondary N) is 2. The summed E-state index contributed by atoms with van der Waals surface area (Å²) >= 11 is 0. The van der Waals surface area contributed by atoms with Gasteiger partial charge in [0.1, 0.15) is 12.1 Å². The van der Waals surface area contributed by atoms with E-state index in [0.29, 0.717) is 0 Å². The second-order valence-corrected chi connectivity index (χ2v) is 5.60. The van der Waals surface area contributed by atoms with Crippen molar-refractivity contribution in [1.82, 2.24) is 10.6 Å². The van der Waals surface area contributed by atoms with Crippen LogP contribution in [0.15, 0.2) is 0 Å². The van der Waals surface area contributed by atoms with Crippen molar-refractivity contribution >= 4 is 29.7 Å². The summed E-state index contributed by atoms with van der Waals surface area (Å²) in [5, 5.41) is 40.0. The van der Waals surface area contributed by atoms with Gasteiger partial charge in [0.2, 0.25) is 11.8 Å². The number of amides is 2. The molecule has 26 heavy (non-hydrogen) atoms. The van der Waals surface area contributed by atoms with E-state index in [-0.39, 0.29) is 12.8 Å². The van der Waals surface area contributed by atoms with Gasteiger partial charge >= 0.3 is 17.9 Å². The van der Waals surface area contributed by atoms with E-state index in [9.17, 15) is 29.1 Å². The number of aliphatic hydroxyl groups excluding tert-OH is 1. The summed E-state index contributed by atoms with van der Waals surface area (Å²) < 4.78 is 0. The number of carbonyl (C=O) groups is 5. The number of nitrogens with two attached hydrogens (primary N) is 1. The van der Waals surface area contributed by atoms with E-state index >= 15 is 0 Å². The predicted molar refractivity (Wildman–Crippen MR) is 84.9 cm³/mol. The number of carboxylic acid groups (broad SMARTS) is 3. The van der Waals surface area contributed by atoms with E-state index in [1.54, 1.807) is 0 Å². The molecule has 8 N–H and O–H groups in total. The number of aliphatic hydroxyl groups is 1. The lowest BCUT2D eigenvalue weighted by molar-refractivity contribution is -0.144. The highest BCUT2D eigenvalue weighted by Crippen LogP contribution is 2.02. The first-order valence-corrected chi connectivity index (χ1v) is 7.66. The maximum Gasteiger partial charge on any atom is 0.326 e. The molecule has 0 aromatic carbocycles. The molecular formula is C14H23N3O9. The van der Waals surface area contributed by atoms with Crippen molar-refractivity contribution in [2.75, 3.05) is 0 Å². The Hall–Kier alpha value is -2.73. The molecule has 0 fully saturated rings. The molecule has 0 rings (SSSR count). The number of rotatable bonds is 12. The SMILES string of the molecule is CC(O)C(NC(=O)C(N)CCC(=O)O)C(=O)NC(CCC(=O)O)C(=O)O. The van der Waals surface area contributed by atoms with Gasteiger partial charge in [-0.15, -0.1) is 0 Å². The van der Waals surface area contributed by atoms with Crippen molar-refractivity contribution in [2.24, 2.45) is 5.73 Å². The van der Waals surface area contributed by atoms with Crippen LogP contribution in [0.5, 0.6) is 0 Å². The Kier molecular flexibility index (Phi) is 9.84. The van der Waals surface area contributed by atoms with Gasteiger partial charge in [0.05, 0.1) is 12.1 Å². The van der Waals surface area contributed by atoms with Crippen LogP contribution in [-0.4, -0.2) is 74.4 Å². The summed E-state index contributed by atoms with van der Waals surface area (Å²) in [6.45, 7) is 1.17. The lowest BCUT2D eigenvalue weighted by Gasteiger charge is -2.24. The lowest BCUT2D eigenvalue weighted by atomic mass is 10.1. The second-order valence-electron chi connectivity index (χ2n) is 5.60. The molecule has 2 amide bonds. The minimum atomic E-state index is -1.55. The van der Waals surface area contributed by atoms with Gasteiger partial charge in [-0.1, -0.05) is 0 Å². The average Bonchev–Trinajstić information content (AvgIpc) is 2.52. The molecule has 0 spiro atoms. The summed E-state index contributed by atoms with van der Waals surface area (Å²) in [4.78, 5) is 56.1. The summed E-state index contributed by atoms with van der Waals surface area (Å²) in [7, 11) is 0. The van der Waals surface area contributed by atoms with E-state index in [1.165, 1.54) is 6.92 Å². The number of hydrogen-bond acceptors (Lipinski definition) is 7. The van der Waals surface area contributed by atoms with E-state index in [4.69, 9.17) is 21.1 Å². The molecule has 0 saturated carbocycles. The first kappa shape index (κ1) is 23.3. The van der Waals surface area contributed by atoms with Gasteiger partial charge in [-0.05, 0) is 19.8 Å². The van der Waals surface area contributed by atoms with Gasteiger partial charge in [0.15, 0.2) is 0 Å². The zero-order valence-corrected chi connectivity index (χ0v) is 14.0. The summed E-state index contributed by atoms with van der Waals surface area (Å²) in [5.74, 6) is -5.84. The van der Waals surface area contributed by atoms with Gasteiger partial charge in [-0.25, -0.2) is 4.79 Å². The number of aliphatic carboxylic acids is 3. The van der Waals surface area contributed by atoms with Crippen LogP contribution < -0.4 is 16.4 Å². The Morgan fingerprint density at radius 1 is 0.885 bits per heavy atom. The van der Waals surface area contributed by atoms with Crippen molar-refractivity contribution < 1.29 is 44.4 Å². The van der Waals surface area contributed by atoms with E-state index < -0.39 is 66.8 Å². The third-order valence-electron chi connectivity index (χ3n) is 3.33. The fourth-order valence-electron chi connectivity index (χ4n) is 1.86. The molecule has 0 bridgehead atoms. The van der Waals surface area contributed by atoms with Crippen molar-refractivity contribution in [1.29, 1.82) is 0 Å². The standard InChI is InChI=1S/C14H23N3O9/c1-6(18)11(17-12(23)7(15)2-4-9(19)20)13(24)16-8(14(25)26)3-5-10(21)22/h6-8,11,18H,2-5,15H2,1H3,(H,16,24)(H,17,23)(H,19,20)(H,21,22)(H,25,26). The highest BCUT2D eigenvalue weighted by molar-refractivity contribution is 5.92. The van der Waals surface area contributed by atoms with Crippen LogP contribution in [0.2, 0.25) is 0 Å².